The Morgan fingerprint density at radius 3 is 2.30 bits per heavy atom. The number of unbranched alkanes of at least 4 members (excludes halogenated alkanes) is 2. The van der Waals surface area contributed by atoms with Crippen LogP contribution in [-0.2, 0) is 19.1 Å². The van der Waals surface area contributed by atoms with Gasteiger partial charge in [0, 0.05) is 49.6 Å². The van der Waals surface area contributed by atoms with Crippen molar-refractivity contribution in [2.75, 3.05) is 64.2 Å². The van der Waals surface area contributed by atoms with Crippen LogP contribution in [0.3, 0.4) is 0 Å². The van der Waals surface area contributed by atoms with Crippen LogP contribution in [0, 0.1) is 0 Å². The van der Waals surface area contributed by atoms with Gasteiger partial charge in [0.25, 0.3) is 11.8 Å². The quantitative estimate of drug-likeness (QED) is 0.109. The molecular weight excluding hydrogens is 732 g/mol. The number of nitrogens with zero attached hydrogens (tertiary/aromatic N) is 6. The maximum atomic E-state index is 13.1. The molecule has 3 atom stereocenters. The summed E-state index contributed by atoms with van der Waals surface area (Å²) in [6.07, 6.45) is 5.11. The number of ether oxygens (including phenoxy) is 4. The molecule has 2 aromatic carbocycles. The molecule has 302 valence electrons. The lowest BCUT2D eigenvalue weighted by atomic mass is 10.0. The van der Waals surface area contributed by atoms with Gasteiger partial charge < -0.3 is 23.8 Å². The maximum Gasteiger partial charge on any atom is 0.262 e. The molecule has 0 spiro atoms. The number of piperidine rings is 1. The Kier molecular flexibility index (Phi) is 12.7. The summed E-state index contributed by atoms with van der Waals surface area (Å²) in [6, 6.07) is 12.2. The van der Waals surface area contributed by atoms with E-state index in [4.69, 9.17) is 18.9 Å². The largest absolute Gasteiger partial charge is 0.494 e. The van der Waals surface area contributed by atoms with E-state index in [1.54, 1.807) is 12.4 Å². The number of H-pyrrole nitrogens is 1. The Bertz CT molecular complexity index is 2080. The van der Waals surface area contributed by atoms with Crippen molar-refractivity contribution in [2.45, 2.75) is 71.0 Å². The third kappa shape index (κ3) is 9.08. The van der Waals surface area contributed by atoms with Crippen LogP contribution in [-0.4, -0.2) is 131 Å². The van der Waals surface area contributed by atoms with Crippen molar-refractivity contribution < 1.29 is 38.1 Å². The van der Waals surface area contributed by atoms with Crippen LogP contribution in [0.15, 0.2) is 48.8 Å². The number of imide groups is 2. The summed E-state index contributed by atoms with van der Waals surface area (Å²) in [4.78, 5) is 64.7. The normalized spacial score (nSPS) is 20.0. The molecule has 2 saturated heterocycles. The molecule has 0 aliphatic carbocycles. The van der Waals surface area contributed by atoms with E-state index in [9.17, 15) is 19.2 Å². The Hall–Kier alpha value is -5.45. The standard InChI is InChI=1S/C41H50N8O8/c1-4-5-6-14-56-29-8-10-33-32(21-29)38(46-45-33)34-22-36(43-25-42-34)47-23-26(2)48(27(3)24-47)13-15-54-16-17-55-18-19-57-28-7-9-30-31(20-28)41(53)49(40(30)52)35-11-12-37(50)44-39(35)51/h7-10,20-22,25-27,35H,4-6,11-19,23-24H2,1-3H3,(H,45,46)(H,44,50,51)/t26-,27+,35?. The number of amides is 4. The molecule has 2 N–H and O–H groups in total. The molecule has 0 bridgehead atoms. The molecule has 0 radical (unpaired) electrons. The van der Waals surface area contributed by atoms with Gasteiger partial charge in [-0.25, -0.2) is 9.97 Å². The number of rotatable bonds is 18. The Labute approximate surface area is 331 Å². The van der Waals surface area contributed by atoms with Crippen LogP contribution in [0.1, 0.15) is 73.6 Å². The molecule has 57 heavy (non-hydrogen) atoms. The lowest BCUT2D eigenvalue weighted by Crippen LogP contribution is -2.57. The van der Waals surface area contributed by atoms with Gasteiger partial charge in [-0.2, -0.15) is 5.10 Å². The maximum absolute atomic E-state index is 13.1. The first-order valence-electron chi connectivity index (χ1n) is 19.8. The topological polar surface area (TPSA) is 181 Å². The predicted molar refractivity (Wildman–Crippen MR) is 210 cm³/mol. The second-order valence-electron chi connectivity index (χ2n) is 14.7. The van der Waals surface area contributed by atoms with Crippen molar-refractivity contribution in [2.24, 2.45) is 0 Å². The molecule has 3 aliphatic rings. The van der Waals surface area contributed by atoms with Crippen LogP contribution in [0.2, 0.25) is 0 Å². The zero-order valence-electron chi connectivity index (χ0n) is 32.7. The number of benzene rings is 2. The van der Waals surface area contributed by atoms with Crippen LogP contribution >= 0.6 is 0 Å². The number of nitrogens with one attached hydrogen (secondary N) is 2. The van der Waals surface area contributed by atoms with Crippen molar-refractivity contribution in [3.8, 4) is 22.9 Å². The van der Waals surface area contributed by atoms with Gasteiger partial charge in [0.05, 0.1) is 55.4 Å². The van der Waals surface area contributed by atoms with E-state index in [0.717, 1.165) is 77.7 Å². The fourth-order valence-corrected chi connectivity index (χ4v) is 7.70. The van der Waals surface area contributed by atoms with Gasteiger partial charge in [-0.1, -0.05) is 19.8 Å². The van der Waals surface area contributed by atoms with E-state index in [2.05, 4.69) is 56.1 Å². The Balaban J connectivity index is 0.812. The number of carbonyl (C=O) groups is 4. The Morgan fingerprint density at radius 1 is 0.789 bits per heavy atom. The van der Waals surface area contributed by atoms with E-state index in [1.165, 1.54) is 12.1 Å². The summed E-state index contributed by atoms with van der Waals surface area (Å²) in [5, 5.41) is 10.9. The van der Waals surface area contributed by atoms with Crippen LogP contribution in [0.5, 0.6) is 11.5 Å². The van der Waals surface area contributed by atoms with Crippen LogP contribution in [0.25, 0.3) is 22.3 Å². The van der Waals surface area contributed by atoms with Crippen LogP contribution < -0.4 is 19.7 Å². The molecular formula is C41H50N8O8. The van der Waals surface area contributed by atoms with Gasteiger partial charge in [0.1, 0.15) is 42.0 Å². The minimum atomic E-state index is -1.01. The number of anilines is 1. The van der Waals surface area contributed by atoms with Crippen LogP contribution in [0.4, 0.5) is 5.82 Å². The average molecular weight is 783 g/mol. The minimum Gasteiger partial charge on any atom is -0.494 e. The lowest BCUT2D eigenvalue weighted by molar-refractivity contribution is -0.136. The van der Waals surface area contributed by atoms with E-state index < -0.39 is 29.7 Å². The average Bonchev–Trinajstić information content (AvgIpc) is 3.74. The highest BCUT2D eigenvalue weighted by molar-refractivity contribution is 6.23. The monoisotopic (exact) mass is 782 g/mol. The van der Waals surface area contributed by atoms with Gasteiger partial charge in [-0.3, -0.25) is 39.4 Å². The van der Waals surface area contributed by atoms with Crippen molar-refractivity contribution in [3.63, 3.8) is 0 Å². The summed E-state index contributed by atoms with van der Waals surface area (Å²) in [7, 11) is 0. The number of aromatic amines is 1. The molecule has 1 unspecified atom stereocenters. The third-order valence-electron chi connectivity index (χ3n) is 10.6. The van der Waals surface area contributed by atoms with Crippen molar-refractivity contribution in [1.82, 2.24) is 35.3 Å². The highest BCUT2D eigenvalue weighted by Gasteiger charge is 2.44. The molecule has 4 amide bonds. The fourth-order valence-electron chi connectivity index (χ4n) is 7.70. The highest BCUT2D eigenvalue weighted by atomic mass is 16.5. The van der Waals surface area contributed by atoms with Gasteiger partial charge in [-0.05, 0) is 63.1 Å². The Morgan fingerprint density at radius 2 is 1.51 bits per heavy atom. The van der Waals surface area contributed by atoms with Gasteiger partial charge in [0.2, 0.25) is 11.8 Å². The zero-order chi connectivity index (χ0) is 39.9. The SMILES string of the molecule is CCCCCOc1ccc2[nH]nc(-c3cc(N4C[C@@H](C)N(CCOCCOCCOc5ccc6c(c5)C(=O)N(C5CCC(=O)NC5=O)C6=O)[C@@H](C)C4)ncn3)c2c1. The molecule has 3 aliphatic heterocycles. The summed E-state index contributed by atoms with van der Waals surface area (Å²) in [5.74, 6) is -0.0865. The molecule has 7 rings (SSSR count). The molecule has 2 aromatic heterocycles. The summed E-state index contributed by atoms with van der Waals surface area (Å²) in [6.45, 7) is 11.7. The number of hydrogen-bond donors (Lipinski definition) is 2. The summed E-state index contributed by atoms with van der Waals surface area (Å²) in [5.41, 5.74) is 2.84. The second kappa shape index (κ2) is 18.2. The van der Waals surface area contributed by atoms with Gasteiger partial charge in [0.15, 0.2) is 0 Å². The van der Waals surface area contributed by atoms with Gasteiger partial charge in [-0.15, -0.1) is 0 Å². The first-order valence-corrected chi connectivity index (χ1v) is 19.8. The van der Waals surface area contributed by atoms with Crippen molar-refractivity contribution >= 4 is 40.3 Å². The number of hydrogen-bond acceptors (Lipinski definition) is 13. The number of aromatic nitrogens is 4. The molecule has 0 saturated carbocycles. The molecule has 16 heteroatoms. The summed E-state index contributed by atoms with van der Waals surface area (Å²) >= 11 is 0. The fraction of sp³-hybridized carbons (Fsp3) is 0.488. The lowest BCUT2D eigenvalue weighted by Gasteiger charge is -2.44. The number of fused-ring (bicyclic) bond motifs is 2. The van der Waals surface area contributed by atoms with E-state index in [1.807, 2.05) is 24.3 Å². The van der Waals surface area contributed by atoms with Gasteiger partial charge >= 0.3 is 0 Å². The number of carbonyl (C=O) groups excluding carboxylic acids is 4. The van der Waals surface area contributed by atoms with Crippen molar-refractivity contribution in [1.29, 1.82) is 0 Å². The molecule has 4 aromatic rings. The van der Waals surface area contributed by atoms with Crippen molar-refractivity contribution in [3.05, 3.63) is 59.9 Å². The molecule has 16 nitrogen and oxygen atoms in total. The highest BCUT2D eigenvalue weighted by Crippen LogP contribution is 2.32. The second-order valence-corrected chi connectivity index (χ2v) is 14.7. The smallest absolute Gasteiger partial charge is 0.262 e. The minimum absolute atomic E-state index is 0.0653. The zero-order valence-corrected chi connectivity index (χ0v) is 32.7. The third-order valence-corrected chi connectivity index (χ3v) is 10.6. The van der Waals surface area contributed by atoms with E-state index in [0.29, 0.717) is 38.8 Å². The first-order chi connectivity index (χ1) is 27.7. The molecule has 5 heterocycles. The van der Waals surface area contributed by atoms with E-state index >= 15 is 0 Å². The first kappa shape index (κ1) is 39.8. The summed E-state index contributed by atoms with van der Waals surface area (Å²) < 4.78 is 23.4. The number of piperazine rings is 1. The van der Waals surface area contributed by atoms with E-state index in [-0.39, 0.29) is 42.7 Å². The molecule has 2 fully saturated rings. The predicted octanol–water partition coefficient (Wildman–Crippen LogP) is 4.00.